The lowest BCUT2D eigenvalue weighted by atomic mass is 9.82. The van der Waals surface area contributed by atoms with Gasteiger partial charge in [-0.3, -0.25) is 10.1 Å². The lowest BCUT2D eigenvalue weighted by molar-refractivity contribution is -0.161. The molecule has 3 atom stereocenters. The maximum atomic E-state index is 12.4. The van der Waals surface area contributed by atoms with Crippen molar-refractivity contribution in [2.75, 3.05) is 10.6 Å². The summed E-state index contributed by atoms with van der Waals surface area (Å²) in [6, 6.07) is 5.90. The number of carboxylic acids is 1. The fourth-order valence-corrected chi connectivity index (χ4v) is 4.07. The van der Waals surface area contributed by atoms with Gasteiger partial charge in [-0.15, -0.1) is 0 Å². The fraction of sp³-hybridized carbons (Fsp3) is 0.300. The first-order chi connectivity index (χ1) is 14.3. The number of benzene rings is 1. The van der Waals surface area contributed by atoms with Gasteiger partial charge in [-0.1, -0.05) is 12.1 Å². The van der Waals surface area contributed by atoms with Crippen LogP contribution in [0.2, 0.25) is 0 Å². The van der Waals surface area contributed by atoms with Gasteiger partial charge in [0, 0.05) is 18.9 Å². The lowest BCUT2D eigenvalue weighted by Gasteiger charge is -2.44. The maximum Gasteiger partial charge on any atom is 0.352 e. The van der Waals surface area contributed by atoms with Crippen molar-refractivity contribution in [2.45, 2.75) is 25.5 Å². The van der Waals surface area contributed by atoms with Crippen molar-refractivity contribution in [3.8, 4) is 0 Å². The van der Waals surface area contributed by atoms with Crippen LogP contribution in [0.5, 0.6) is 0 Å². The predicted molar refractivity (Wildman–Crippen MR) is 107 cm³/mol. The highest BCUT2D eigenvalue weighted by Gasteiger charge is 2.56. The summed E-state index contributed by atoms with van der Waals surface area (Å²) in [4.78, 5) is 41.7. The van der Waals surface area contributed by atoms with Crippen molar-refractivity contribution in [1.29, 1.82) is 0 Å². The SMILES string of the molecule is C[C@@H](O)[C@H]1C(=O)N2C(C(=O)O)=C(c3cccc(NC(=O)Nc4cn(C)cn4)c3)C[C@H]12. The topological polar surface area (TPSA) is 137 Å². The highest BCUT2D eigenvalue weighted by atomic mass is 16.4. The number of nitrogens with one attached hydrogen (secondary N) is 2. The van der Waals surface area contributed by atoms with E-state index in [2.05, 4.69) is 15.6 Å². The molecule has 1 fully saturated rings. The molecule has 2 aromatic rings. The van der Waals surface area contributed by atoms with Crippen LogP contribution in [0.15, 0.2) is 42.5 Å². The summed E-state index contributed by atoms with van der Waals surface area (Å²) in [7, 11) is 1.78. The number of anilines is 2. The number of aromatic nitrogens is 2. The molecular formula is C20H21N5O5. The van der Waals surface area contributed by atoms with Crippen molar-refractivity contribution >= 4 is 35.0 Å². The fourth-order valence-electron chi connectivity index (χ4n) is 4.07. The van der Waals surface area contributed by atoms with Crippen molar-refractivity contribution in [1.82, 2.24) is 14.5 Å². The van der Waals surface area contributed by atoms with Crippen LogP contribution in [0, 0.1) is 5.92 Å². The minimum Gasteiger partial charge on any atom is -0.477 e. The van der Waals surface area contributed by atoms with Crippen LogP contribution in [-0.4, -0.2) is 54.7 Å². The molecule has 3 heterocycles. The number of amides is 3. The zero-order chi connectivity index (χ0) is 21.6. The largest absolute Gasteiger partial charge is 0.477 e. The zero-order valence-electron chi connectivity index (χ0n) is 16.4. The van der Waals surface area contributed by atoms with Gasteiger partial charge < -0.3 is 25.0 Å². The van der Waals surface area contributed by atoms with Crippen molar-refractivity contribution in [2.24, 2.45) is 13.0 Å². The molecule has 4 rings (SSSR count). The van der Waals surface area contributed by atoms with Crippen molar-refractivity contribution in [3.63, 3.8) is 0 Å². The number of carboxylic acid groups (broad SMARTS) is 1. The average molecular weight is 411 g/mol. The first-order valence-electron chi connectivity index (χ1n) is 9.40. The summed E-state index contributed by atoms with van der Waals surface area (Å²) in [6.07, 6.45) is 2.68. The molecule has 0 radical (unpaired) electrons. The number of aryl methyl sites for hydroxylation is 1. The van der Waals surface area contributed by atoms with E-state index < -0.39 is 24.0 Å². The number of carbonyl (C=O) groups is 3. The third kappa shape index (κ3) is 3.30. The smallest absolute Gasteiger partial charge is 0.352 e. The Hall–Kier alpha value is -3.66. The Morgan fingerprint density at radius 1 is 1.30 bits per heavy atom. The Labute approximate surface area is 171 Å². The molecule has 1 aromatic carbocycles. The molecule has 4 N–H and O–H groups in total. The molecule has 0 aliphatic carbocycles. The Morgan fingerprint density at radius 3 is 2.70 bits per heavy atom. The van der Waals surface area contributed by atoms with Gasteiger partial charge in [0.05, 0.1) is 24.4 Å². The standard InChI is InChI=1S/C20H21N5O5/c1-10(26)16-14-7-13(17(19(28)29)25(14)18(16)27)11-4-3-5-12(6-11)22-20(30)23-15-8-24(2)9-21-15/h3-6,8-10,14,16,26H,7H2,1-2H3,(H,28,29)(H2,22,23,30)/t10-,14-,16-/m1/s1. The quantitative estimate of drug-likeness (QED) is 0.550. The minimum atomic E-state index is -1.20. The van der Waals surface area contributed by atoms with E-state index in [1.165, 1.54) is 11.8 Å². The highest BCUT2D eigenvalue weighted by Crippen LogP contribution is 2.47. The Morgan fingerprint density at radius 2 is 2.07 bits per heavy atom. The number of imidazole rings is 1. The molecule has 0 spiro atoms. The normalized spacial score (nSPS) is 21.2. The number of urea groups is 1. The van der Waals surface area contributed by atoms with Gasteiger partial charge in [0.1, 0.15) is 5.70 Å². The number of carbonyl (C=O) groups excluding carboxylic acids is 2. The van der Waals surface area contributed by atoms with E-state index in [0.29, 0.717) is 29.1 Å². The third-order valence-corrected chi connectivity index (χ3v) is 5.35. The number of aliphatic carboxylic acids is 1. The zero-order valence-corrected chi connectivity index (χ0v) is 16.4. The van der Waals surface area contributed by atoms with Gasteiger partial charge in [-0.05, 0) is 36.6 Å². The average Bonchev–Trinajstić information content (AvgIpc) is 3.22. The first-order valence-corrected chi connectivity index (χ1v) is 9.40. The predicted octanol–water partition coefficient (Wildman–Crippen LogP) is 1.47. The second-order valence-corrected chi connectivity index (χ2v) is 7.46. The number of aliphatic hydroxyl groups excluding tert-OH is 1. The molecule has 2 aliphatic rings. The lowest BCUT2D eigenvalue weighted by Crippen LogP contribution is -2.61. The van der Waals surface area contributed by atoms with E-state index in [4.69, 9.17) is 0 Å². The molecule has 10 nitrogen and oxygen atoms in total. The van der Waals surface area contributed by atoms with Gasteiger partial charge in [-0.2, -0.15) is 0 Å². The van der Waals surface area contributed by atoms with Crippen LogP contribution < -0.4 is 10.6 Å². The van der Waals surface area contributed by atoms with Crippen LogP contribution in [0.3, 0.4) is 0 Å². The summed E-state index contributed by atoms with van der Waals surface area (Å²) < 4.78 is 1.70. The van der Waals surface area contributed by atoms with Gasteiger partial charge in [-0.25, -0.2) is 14.6 Å². The summed E-state index contributed by atoms with van der Waals surface area (Å²) in [5.41, 5.74) is 1.48. The van der Waals surface area contributed by atoms with Crippen LogP contribution in [-0.2, 0) is 16.6 Å². The van der Waals surface area contributed by atoms with E-state index in [-0.39, 0.29) is 17.6 Å². The molecule has 1 aromatic heterocycles. The number of β-lactam (4-membered cyclic amide) rings is 1. The third-order valence-electron chi connectivity index (χ3n) is 5.35. The molecule has 30 heavy (non-hydrogen) atoms. The number of rotatable bonds is 5. The van der Waals surface area contributed by atoms with Gasteiger partial charge in [0.15, 0.2) is 5.82 Å². The number of nitrogens with zero attached hydrogens (tertiary/aromatic N) is 3. The number of hydrogen-bond donors (Lipinski definition) is 4. The van der Waals surface area contributed by atoms with Crippen LogP contribution in [0.4, 0.5) is 16.3 Å². The summed E-state index contributed by atoms with van der Waals surface area (Å²) in [6.45, 7) is 1.53. The summed E-state index contributed by atoms with van der Waals surface area (Å²) in [5, 5.41) is 24.8. The molecule has 156 valence electrons. The molecule has 10 heteroatoms. The molecular weight excluding hydrogens is 390 g/mol. The molecule has 0 unspecified atom stereocenters. The monoisotopic (exact) mass is 411 g/mol. The number of fused-ring (bicyclic) bond motifs is 1. The van der Waals surface area contributed by atoms with Gasteiger partial charge in [0.2, 0.25) is 5.91 Å². The van der Waals surface area contributed by atoms with E-state index in [9.17, 15) is 24.6 Å². The molecule has 2 aliphatic heterocycles. The van der Waals surface area contributed by atoms with Crippen LogP contribution in [0.25, 0.3) is 5.57 Å². The highest BCUT2D eigenvalue weighted by molar-refractivity contribution is 6.06. The van der Waals surface area contributed by atoms with E-state index in [1.54, 1.807) is 48.4 Å². The van der Waals surface area contributed by atoms with Gasteiger partial charge in [0.25, 0.3) is 0 Å². The summed E-state index contributed by atoms with van der Waals surface area (Å²) >= 11 is 0. The van der Waals surface area contributed by atoms with E-state index >= 15 is 0 Å². The van der Waals surface area contributed by atoms with Crippen LogP contribution in [0.1, 0.15) is 18.9 Å². The summed E-state index contributed by atoms with van der Waals surface area (Å²) in [5.74, 6) is -1.80. The Balaban J connectivity index is 1.56. The number of aliphatic hydroxyl groups is 1. The van der Waals surface area contributed by atoms with E-state index in [0.717, 1.165) is 0 Å². The second-order valence-electron chi connectivity index (χ2n) is 7.46. The second kappa shape index (κ2) is 7.30. The van der Waals surface area contributed by atoms with Crippen molar-refractivity contribution < 1.29 is 24.6 Å². The Kier molecular flexibility index (Phi) is 4.78. The Bertz CT molecular complexity index is 1070. The molecule has 3 amide bonds. The molecule has 1 saturated heterocycles. The minimum absolute atomic E-state index is 0.0722. The van der Waals surface area contributed by atoms with E-state index in [1.807, 2.05) is 0 Å². The van der Waals surface area contributed by atoms with Gasteiger partial charge >= 0.3 is 12.0 Å². The first kappa shape index (κ1) is 19.6. The van der Waals surface area contributed by atoms with Crippen molar-refractivity contribution in [3.05, 3.63) is 48.1 Å². The number of hydrogen-bond acceptors (Lipinski definition) is 5. The van der Waals surface area contributed by atoms with Crippen LogP contribution >= 0.6 is 0 Å². The molecule has 0 bridgehead atoms. The molecule has 0 saturated carbocycles. The maximum absolute atomic E-state index is 12.4.